The van der Waals surface area contributed by atoms with Gasteiger partial charge in [0.15, 0.2) is 6.10 Å². The summed E-state index contributed by atoms with van der Waals surface area (Å²) in [7, 11) is 0. The molecular weight excluding hydrogens is 348 g/mol. The molecule has 4 N–H and O–H groups in total. The highest BCUT2D eigenvalue weighted by molar-refractivity contribution is 6.33. The van der Waals surface area contributed by atoms with Crippen LogP contribution >= 0.6 is 11.6 Å². The van der Waals surface area contributed by atoms with E-state index in [0.717, 1.165) is 0 Å². The van der Waals surface area contributed by atoms with Gasteiger partial charge in [-0.2, -0.15) is 0 Å². The molecule has 1 atom stereocenters. The molecule has 1 unspecified atom stereocenters. The average Bonchev–Trinajstić information content (AvgIpc) is 2.56. The molecule has 0 bridgehead atoms. The summed E-state index contributed by atoms with van der Waals surface area (Å²) in [5, 5.41) is 11.6. The van der Waals surface area contributed by atoms with E-state index in [1.165, 1.54) is 37.3 Å². The summed E-state index contributed by atoms with van der Waals surface area (Å²) in [6.07, 6.45) is -1.13. The van der Waals surface area contributed by atoms with Crippen LogP contribution in [0.2, 0.25) is 5.02 Å². The van der Waals surface area contributed by atoms with Gasteiger partial charge in [0.2, 0.25) is 0 Å². The number of halogens is 1. The molecule has 0 fully saturated rings. The topological polar surface area (TPSA) is 119 Å². The van der Waals surface area contributed by atoms with Crippen LogP contribution in [0.25, 0.3) is 0 Å². The zero-order valence-electron chi connectivity index (χ0n) is 13.2. The Hall–Kier alpha value is -3.06. The maximum Gasteiger partial charge on any atom is 0.338 e. The van der Waals surface area contributed by atoms with Gasteiger partial charge >= 0.3 is 11.9 Å². The van der Waals surface area contributed by atoms with Crippen LogP contribution in [0.4, 0.5) is 11.4 Å². The van der Waals surface area contributed by atoms with E-state index in [1.807, 2.05) is 0 Å². The third kappa shape index (κ3) is 4.71. The molecule has 0 radical (unpaired) electrons. The van der Waals surface area contributed by atoms with Crippen molar-refractivity contribution < 1.29 is 24.2 Å². The Kier molecular flexibility index (Phi) is 5.61. The Labute approximate surface area is 148 Å². The van der Waals surface area contributed by atoms with E-state index in [9.17, 15) is 14.4 Å². The number of amides is 1. The van der Waals surface area contributed by atoms with E-state index in [-0.39, 0.29) is 21.8 Å². The average molecular weight is 363 g/mol. The maximum absolute atomic E-state index is 12.2. The van der Waals surface area contributed by atoms with Crippen LogP contribution in [-0.4, -0.2) is 29.1 Å². The number of hydrogen-bond donors (Lipinski definition) is 3. The van der Waals surface area contributed by atoms with Gasteiger partial charge in [-0.15, -0.1) is 0 Å². The van der Waals surface area contributed by atoms with Gasteiger partial charge < -0.3 is 20.9 Å². The van der Waals surface area contributed by atoms with E-state index in [4.69, 9.17) is 27.2 Å². The second-order valence-electron chi connectivity index (χ2n) is 5.16. The van der Waals surface area contributed by atoms with Gasteiger partial charge in [-0.25, -0.2) is 9.59 Å². The van der Waals surface area contributed by atoms with Crippen molar-refractivity contribution in [3.05, 3.63) is 58.6 Å². The Bertz CT molecular complexity index is 838. The summed E-state index contributed by atoms with van der Waals surface area (Å²) in [5.41, 5.74) is 6.27. The van der Waals surface area contributed by atoms with E-state index in [1.54, 1.807) is 12.1 Å². The summed E-state index contributed by atoms with van der Waals surface area (Å²) >= 11 is 5.94. The number of carboxylic acid groups (broad SMARTS) is 1. The summed E-state index contributed by atoms with van der Waals surface area (Å²) < 4.78 is 5.08. The van der Waals surface area contributed by atoms with Crippen molar-refractivity contribution in [2.24, 2.45) is 0 Å². The molecule has 0 aromatic heterocycles. The molecule has 0 heterocycles. The van der Waals surface area contributed by atoms with Crippen LogP contribution in [0.1, 0.15) is 27.6 Å². The fourth-order valence-corrected chi connectivity index (χ4v) is 2.10. The van der Waals surface area contributed by atoms with E-state index in [0.29, 0.717) is 5.69 Å². The summed E-state index contributed by atoms with van der Waals surface area (Å²) in [6, 6.07) is 10.0. The molecule has 0 saturated heterocycles. The molecule has 1 amide bonds. The third-order valence-corrected chi connectivity index (χ3v) is 3.58. The first-order valence-electron chi connectivity index (χ1n) is 7.18. The predicted molar refractivity (Wildman–Crippen MR) is 92.8 cm³/mol. The van der Waals surface area contributed by atoms with Crippen LogP contribution < -0.4 is 11.1 Å². The fraction of sp³-hybridized carbons (Fsp3) is 0.118. The highest BCUT2D eigenvalue weighted by Gasteiger charge is 2.20. The normalized spacial score (nSPS) is 11.4. The van der Waals surface area contributed by atoms with Gasteiger partial charge in [0, 0.05) is 5.69 Å². The van der Waals surface area contributed by atoms with Crippen LogP contribution in [0, 0.1) is 0 Å². The second kappa shape index (κ2) is 7.67. The largest absolute Gasteiger partial charge is 0.478 e. The van der Waals surface area contributed by atoms with Crippen molar-refractivity contribution in [3.8, 4) is 0 Å². The second-order valence-corrected chi connectivity index (χ2v) is 5.57. The number of nitrogen functional groups attached to an aromatic ring is 1. The number of nitrogens with one attached hydrogen (secondary N) is 1. The number of rotatable bonds is 5. The lowest BCUT2D eigenvalue weighted by molar-refractivity contribution is -0.123. The first kappa shape index (κ1) is 18.3. The molecule has 0 spiro atoms. The smallest absolute Gasteiger partial charge is 0.338 e. The molecule has 130 valence electrons. The van der Waals surface area contributed by atoms with Crippen molar-refractivity contribution in [1.29, 1.82) is 0 Å². The van der Waals surface area contributed by atoms with Gasteiger partial charge in [-0.3, -0.25) is 4.79 Å². The summed E-state index contributed by atoms with van der Waals surface area (Å²) in [5.74, 6) is -2.52. The minimum Gasteiger partial charge on any atom is -0.478 e. The zero-order valence-corrected chi connectivity index (χ0v) is 13.9. The Balaban J connectivity index is 2.07. The lowest BCUT2D eigenvalue weighted by atomic mass is 10.2. The number of benzene rings is 2. The highest BCUT2D eigenvalue weighted by atomic mass is 35.5. The third-order valence-electron chi connectivity index (χ3n) is 3.25. The summed E-state index contributed by atoms with van der Waals surface area (Å²) in [4.78, 5) is 35.2. The van der Waals surface area contributed by atoms with E-state index < -0.39 is 23.9 Å². The maximum atomic E-state index is 12.2. The monoisotopic (exact) mass is 362 g/mol. The number of ether oxygens (including phenoxy) is 1. The van der Waals surface area contributed by atoms with E-state index in [2.05, 4.69) is 5.32 Å². The molecule has 2 aromatic carbocycles. The highest BCUT2D eigenvalue weighted by Crippen LogP contribution is 2.23. The quantitative estimate of drug-likeness (QED) is 0.556. The molecule has 2 rings (SSSR count). The van der Waals surface area contributed by atoms with Gasteiger partial charge in [0.05, 0.1) is 21.8 Å². The molecule has 0 aliphatic heterocycles. The van der Waals surface area contributed by atoms with Crippen molar-refractivity contribution in [1.82, 2.24) is 0 Å². The Morgan fingerprint density at radius 1 is 1.16 bits per heavy atom. The first-order valence-corrected chi connectivity index (χ1v) is 7.56. The van der Waals surface area contributed by atoms with Crippen LogP contribution in [0.5, 0.6) is 0 Å². The number of esters is 1. The standard InChI is InChI=1S/C17H15ClN2O5/c1-9(25-17(24)11-3-2-4-12(19)7-11)15(21)20-14-8-10(16(22)23)5-6-13(14)18/h2-9H,19H2,1H3,(H,20,21)(H,22,23). The SMILES string of the molecule is CC(OC(=O)c1cccc(N)c1)C(=O)Nc1cc(C(=O)O)ccc1Cl. The van der Waals surface area contributed by atoms with Crippen LogP contribution in [0.15, 0.2) is 42.5 Å². The number of carboxylic acids is 1. The Morgan fingerprint density at radius 2 is 1.88 bits per heavy atom. The van der Waals surface area contributed by atoms with Gasteiger partial charge in [-0.1, -0.05) is 17.7 Å². The van der Waals surface area contributed by atoms with Crippen molar-refractivity contribution >= 4 is 40.8 Å². The molecule has 25 heavy (non-hydrogen) atoms. The number of anilines is 2. The Morgan fingerprint density at radius 3 is 2.52 bits per heavy atom. The number of carbonyl (C=O) groups excluding carboxylic acids is 2. The molecule has 0 saturated carbocycles. The minimum atomic E-state index is -1.16. The molecule has 0 aliphatic rings. The molecule has 7 nitrogen and oxygen atoms in total. The molecule has 2 aromatic rings. The number of carbonyl (C=O) groups is 3. The lowest BCUT2D eigenvalue weighted by Gasteiger charge is -2.14. The van der Waals surface area contributed by atoms with Gasteiger partial charge in [0.1, 0.15) is 0 Å². The summed E-state index contributed by atoms with van der Waals surface area (Å²) in [6.45, 7) is 1.38. The van der Waals surface area contributed by atoms with Gasteiger partial charge in [-0.05, 0) is 43.3 Å². The molecular formula is C17H15ClN2O5. The van der Waals surface area contributed by atoms with Crippen molar-refractivity contribution in [2.45, 2.75) is 13.0 Å². The number of nitrogens with two attached hydrogens (primary N) is 1. The van der Waals surface area contributed by atoms with E-state index >= 15 is 0 Å². The van der Waals surface area contributed by atoms with Crippen molar-refractivity contribution in [3.63, 3.8) is 0 Å². The number of hydrogen-bond acceptors (Lipinski definition) is 5. The molecule has 8 heteroatoms. The predicted octanol–water partition coefficient (Wildman–Crippen LogP) is 2.80. The number of aromatic carboxylic acids is 1. The fourth-order valence-electron chi connectivity index (χ4n) is 1.94. The zero-order chi connectivity index (χ0) is 18.6. The van der Waals surface area contributed by atoms with Crippen LogP contribution in [0.3, 0.4) is 0 Å². The first-order chi connectivity index (χ1) is 11.8. The van der Waals surface area contributed by atoms with Gasteiger partial charge in [0.25, 0.3) is 5.91 Å². The van der Waals surface area contributed by atoms with Crippen molar-refractivity contribution in [2.75, 3.05) is 11.1 Å². The molecule has 0 aliphatic carbocycles. The lowest BCUT2D eigenvalue weighted by Crippen LogP contribution is -2.30. The van der Waals surface area contributed by atoms with Crippen LogP contribution in [-0.2, 0) is 9.53 Å². The minimum absolute atomic E-state index is 0.0379.